The highest BCUT2D eigenvalue weighted by molar-refractivity contribution is 6.07. The Hall–Kier alpha value is -2.45. The van der Waals surface area contributed by atoms with Crippen molar-refractivity contribution < 1.29 is 9.59 Å². The zero-order chi connectivity index (χ0) is 20.9. The minimum atomic E-state index is -0.239. The highest BCUT2D eigenvalue weighted by Gasteiger charge is 2.37. The van der Waals surface area contributed by atoms with Gasteiger partial charge in [-0.1, -0.05) is 18.2 Å². The van der Waals surface area contributed by atoms with E-state index in [1.807, 2.05) is 24.3 Å². The number of rotatable bonds is 3. The standard InChI is InChI=1S/C23H30N6O2/c30-22(24-18-13-27-9-5-15(18)6-10-27)21-17-3-1-2-4-20(17)29(26-21)23(31)25-19-14-28-11-7-16(19)8-12-28/h1-4,15-16,18-19H,5-14H2,(H,24,30)(H,25,31)/t18-,19?/m1/s1. The minimum Gasteiger partial charge on any atom is -0.346 e. The van der Waals surface area contributed by atoms with Gasteiger partial charge in [-0.3, -0.25) is 4.79 Å². The summed E-state index contributed by atoms with van der Waals surface area (Å²) in [5.41, 5.74) is 1.02. The Kier molecular flexibility index (Phi) is 4.72. The first-order valence-electron chi connectivity index (χ1n) is 11.7. The van der Waals surface area contributed by atoms with Crippen LogP contribution in [0.3, 0.4) is 0 Å². The van der Waals surface area contributed by atoms with E-state index >= 15 is 0 Å². The number of piperidine rings is 6. The molecule has 2 atom stereocenters. The number of amides is 2. The van der Waals surface area contributed by atoms with Crippen LogP contribution in [0.2, 0.25) is 0 Å². The number of nitrogens with one attached hydrogen (secondary N) is 2. The Morgan fingerprint density at radius 3 is 2.00 bits per heavy atom. The second kappa shape index (κ2) is 7.60. The zero-order valence-electron chi connectivity index (χ0n) is 17.8. The van der Waals surface area contributed by atoms with Gasteiger partial charge in [0.15, 0.2) is 5.69 Å². The Bertz CT molecular complexity index is 925. The minimum absolute atomic E-state index is 0.155. The van der Waals surface area contributed by atoms with Gasteiger partial charge < -0.3 is 20.4 Å². The van der Waals surface area contributed by atoms with Crippen molar-refractivity contribution in [2.45, 2.75) is 37.8 Å². The summed E-state index contributed by atoms with van der Waals surface area (Å²) in [6, 6.07) is 7.61. The van der Waals surface area contributed by atoms with Crippen molar-refractivity contribution in [2.24, 2.45) is 11.8 Å². The summed E-state index contributed by atoms with van der Waals surface area (Å²) < 4.78 is 1.39. The summed E-state index contributed by atoms with van der Waals surface area (Å²) in [4.78, 5) is 31.2. The van der Waals surface area contributed by atoms with E-state index < -0.39 is 0 Å². The molecule has 1 unspecified atom stereocenters. The molecule has 6 aliphatic heterocycles. The molecule has 1 aromatic carbocycles. The van der Waals surface area contributed by atoms with E-state index in [1.165, 1.54) is 4.68 Å². The highest BCUT2D eigenvalue weighted by Crippen LogP contribution is 2.29. The number of hydrogen-bond acceptors (Lipinski definition) is 5. The molecular weight excluding hydrogens is 392 g/mol. The summed E-state index contributed by atoms with van der Waals surface area (Å²) in [7, 11) is 0. The third kappa shape index (κ3) is 3.42. The van der Waals surface area contributed by atoms with Gasteiger partial charge in [0.25, 0.3) is 5.91 Å². The lowest BCUT2D eigenvalue weighted by atomic mass is 9.84. The van der Waals surface area contributed by atoms with Crippen molar-refractivity contribution in [1.29, 1.82) is 0 Å². The summed E-state index contributed by atoms with van der Waals surface area (Å²) in [6.07, 6.45) is 4.56. The van der Waals surface area contributed by atoms with E-state index in [9.17, 15) is 9.59 Å². The smallest absolute Gasteiger partial charge is 0.342 e. The third-order valence-electron chi connectivity index (χ3n) is 7.93. The molecule has 1 aromatic heterocycles. The maximum absolute atomic E-state index is 13.2. The Morgan fingerprint density at radius 1 is 0.839 bits per heavy atom. The van der Waals surface area contributed by atoms with Crippen molar-refractivity contribution in [3.63, 3.8) is 0 Å². The zero-order valence-corrected chi connectivity index (χ0v) is 17.8. The average Bonchev–Trinajstić information content (AvgIpc) is 3.21. The molecule has 8 rings (SSSR count). The number of nitrogens with zero attached hydrogens (tertiary/aromatic N) is 4. The van der Waals surface area contributed by atoms with Gasteiger partial charge in [0, 0.05) is 30.6 Å². The Labute approximate surface area is 181 Å². The summed E-state index contributed by atoms with van der Waals surface area (Å²) in [6.45, 7) is 6.34. The second-order valence-electron chi connectivity index (χ2n) is 9.69. The second-order valence-corrected chi connectivity index (χ2v) is 9.69. The van der Waals surface area contributed by atoms with Crippen LogP contribution in [0.5, 0.6) is 0 Å². The molecule has 6 saturated heterocycles. The average molecular weight is 423 g/mol. The van der Waals surface area contributed by atoms with E-state index in [2.05, 4.69) is 25.5 Å². The number of hydrogen-bond donors (Lipinski definition) is 2. The molecule has 8 nitrogen and oxygen atoms in total. The summed E-state index contributed by atoms with van der Waals surface area (Å²) >= 11 is 0. The summed E-state index contributed by atoms with van der Waals surface area (Å²) in [5, 5.41) is 11.7. The highest BCUT2D eigenvalue weighted by atomic mass is 16.2. The van der Waals surface area contributed by atoms with Crippen LogP contribution in [0, 0.1) is 11.8 Å². The van der Waals surface area contributed by atoms with Gasteiger partial charge in [-0.2, -0.15) is 9.78 Å². The predicted octanol–water partition coefficient (Wildman–Crippen LogP) is 1.51. The van der Waals surface area contributed by atoms with Crippen LogP contribution in [0.25, 0.3) is 10.9 Å². The molecule has 7 heterocycles. The molecular formula is C23H30N6O2. The van der Waals surface area contributed by atoms with Gasteiger partial charge in [0.1, 0.15) is 0 Å². The number of aromatic nitrogens is 2. The molecule has 4 bridgehead atoms. The fraction of sp³-hybridized carbons (Fsp3) is 0.609. The maximum atomic E-state index is 13.2. The topological polar surface area (TPSA) is 82.5 Å². The van der Waals surface area contributed by atoms with Crippen LogP contribution in [-0.2, 0) is 0 Å². The molecule has 2 N–H and O–H groups in total. The molecule has 0 aliphatic carbocycles. The number of para-hydroxylation sites is 1. The van der Waals surface area contributed by atoms with Gasteiger partial charge in [-0.05, 0) is 69.8 Å². The number of benzene rings is 1. The first kappa shape index (κ1) is 19.3. The largest absolute Gasteiger partial charge is 0.346 e. The lowest BCUT2D eigenvalue weighted by Gasteiger charge is -2.44. The van der Waals surface area contributed by atoms with Crippen LogP contribution < -0.4 is 10.6 Å². The van der Waals surface area contributed by atoms with E-state index in [0.29, 0.717) is 23.0 Å². The van der Waals surface area contributed by atoms with Crippen LogP contribution in [0.4, 0.5) is 4.79 Å². The fourth-order valence-electron chi connectivity index (χ4n) is 6.10. The molecule has 2 aromatic rings. The predicted molar refractivity (Wildman–Crippen MR) is 117 cm³/mol. The van der Waals surface area contributed by atoms with E-state index in [4.69, 9.17) is 0 Å². The molecule has 164 valence electrons. The first-order valence-corrected chi connectivity index (χ1v) is 11.7. The number of carbonyl (C=O) groups excluding carboxylic acids is 2. The molecule has 8 heteroatoms. The van der Waals surface area contributed by atoms with E-state index in [-0.39, 0.29) is 24.0 Å². The Morgan fingerprint density at radius 2 is 1.42 bits per heavy atom. The maximum Gasteiger partial charge on any atom is 0.342 e. The first-order chi connectivity index (χ1) is 15.2. The summed E-state index contributed by atoms with van der Waals surface area (Å²) in [5.74, 6) is 0.905. The number of carbonyl (C=O) groups is 2. The Balaban J connectivity index is 1.24. The molecule has 6 fully saturated rings. The van der Waals surface area contributed by atoms with Crippen molar-refractivity contribution in [2.75, 3.05) is 39.3 Å². The molecule has 0 spiro atoms. The van der Waals surface area contributed by atoms with Gasteiger partial charge in [-0.25, -0.2) is 4.79 Å². The van der Waals surface area contributed by atoms with Gasteiger partial charge in [0.05, 0.1) is 5.52 Å². The van der Waals surface area contributed by atoms with Gasteiger partial charge >= 0.3 is 6.03 Å². The van der Waals surface area contributed by atoms with Gasteiger partial charge in [0.2, 0.25) is 0 Å². The van der Waals surface area contributed by atoms with Crippen LogP contribution in [0.1, 0.15) is 36.2 Å². The van der Waals surface area contributed by atoms with Crippen molar-refractivity contribution in [3.8, 4) is 0 Å². The third-order valence-corrected chi connectivity index (χ3v) is 7.93. The fourth-order valence-corrected chi connectivity index (χ4v) is 6.10. The molecule has 2 amide bonds. The van der Waals surface area contributed by atoms with Crippen LogP contribution in [0.15, 0.2) is 24.3 Å². The molecule has 31 heavy (non-hydrogen) atoms. The molecule has 0 saturated carbocycles. The monoisotopic (exact) mass is 422 g/mol. The van der Waals surface area contributed by atoms with Crippen molar-refractivity contribution >= 4 is 22.8 Å². The van der Waals surface area contributed by atoms with Crippen molar-refractivity contribution in [1.82, 2.24) is 30.2 Å². The lowest BCUT2D eigenvalue weighted by Crippen LogP contribution is -2.58. The number of fused-ring (bicyclic) bond motifs is 7. The SMILES string of the molecule is O=C(N[C@@H]1CN2CCC1CC2)c1nn(C(=O)NC2CN3CCC2CC3)c2ccccc12. The molecule has 6 aliphatic rings. The van der Waals surface area contributed by atoms with E-state index in [0.717, 1.165) is 70.3 Å². The van der Waals surface area contributed by atoms with Crippen LogP contribution in [-0.4, -0.2) is 82.9 Å². The quantitative estimate of drug-likeness (QED) is 0.784. The van der Waals surface area contributed by atoms with Gasteiger partial charge in [-0.15, -0.1) is 0 Å². The van der Waals surface area contributed by atoms with E-state index in [1.54, 1.807) is 0 Å². The van der Waals surface area contributed by atoms with Crippen molar-refractivity contribution in [3.05, 3.63) is 30.0 Å². The normalized spacial score (nSPS) is 34.1. The molecule has 0 radical (unpaired) electrons. The lowest BCUT2D eigenvalue weighted by molar-refractivity contribution is 0.0618. The van der Waals surface area contributed by atoms with Crippen LogP contribution >= 0.6 is 0 Å².